The summed E-state index contributed by atoms with van der Waals surface area (Å²) in [6.45, 7) is 3.65. The lowest BCUT2D eigenvalue weighted by molar-refractivity contribution is 0.0452. The minimum atomic E-state index is -0.765. The van der Waals surface area contributed by atoms with E-state index in [1.54, 1.807) is 12.5 Å². The first-order valence-electron chi connectivity index (χ1n) is 9.40. The third kappa shape index (κ3) is 4.21. The Hall–Kier alpha value is -2.63. The van der Waals surface area contributed by atoms with Gasteiger partial charge in [-0.25, -0.2) is 4.98 Å². The molecule has 0 bridgehead atoms. The van der Waals surface area contributed by atoms with Crippen molar-refractivity contribution in [1.82, 2.24) is 14.5 Å². The van der Waals surface area contributed by atoms with Crippen molar-refractivity contribution in [1.29, 1.82) is 0 Å². The Morgan fingerprint density at radius 2 is 1.89 bits per heavy atom. The van der Waals surface area contributed by atoms with Gasteiger partial charge in [0.1, 0.15) is 18.0 Å². The Morgan fingerprint density at radius 1 is 1.07 bits per heavy atom. The van der Waals surface area contributed by atoms with E-state index in [2.05, 4.69) is 16.0 Å². The van der Waals surface area contributed by atoms with Gasteiger partial charge in [-0.3, -0.25) is 4.90 Å². The van der Waals surface area contributed by atoms with Crippen LogP contribution in [0.5, 0.6) is 5.75 Å². The van der Waals surface area contributed by atoms with Crippen LogP contribution in [-0.4, -0.2) is 39.3 Å². The van der Waals surface area contributed by atoms with Crippen molar-refractivity contribution < 1.29 is 9.84 Å². The van der Waals surface area contributed by atoms with Crippen LogP contribution in [0.2, 0.25) is 0 Å². The highest BCUT2D eigenvalue weighted by atomic mass is 16.5. The van der Waals surface area contributed by atoms with Gasteiger partial charge in [-0.15, -0.1) is 0 Å². The van der Waals surface area contributed by atoms with E-state index in [9.17, 15) is 5.11 Å². The summed E-state index contributed by atoms with van der Waals surface area (Å²) in [6.07, 6.45) is 6.25. The molecule has 0 spiro atoms. The average molecular weight is 363 g/mol. The van der Waals surface area contributed by atoms with Gasteiger partial charge in [0.15, 0.2) is 0 Å². The number of aromatic nitrogens is 2. The maximum absolute atomic E-state index is 11.0. The van der Waals surface area contributed by atoms with E-state index < -0.39 is 5.60 Å². The number of nitrogens with zero attached hydrogens (tertiary/aromatic N) is 3. The fourth-order valence-corrected chi connectivity index (χ4v) is 3.69. The molecule has 3 aromatic rings. The first-order chi connectivity index (χ1) is 13.2. The maximum Gasteiger partial charge on any atom is 0.123 e. The minimum Gasteiger partial charge on any atom is -0.491 e. The van der Waals surface area contributed by atoms with Crippen molar-refractivity contribution in [2.75, 3.05) is 19.7 Å². The summed E-state index contributed by atoms with van der Waals surface area (Å²) in [5.74, 6) is 0.910. The number of aliphatic hydroxyl groups is 1. The number of para-hydroxylation sites is 1. The topological polar surface area (TPSA) is 50.5 Å². The van der Waals surface area contributed by atoms with E-state index in [1.165, 1.54) is 0 Å². The maximum atomic E-state index is 11.0. The van der Waals surface area contributed by atoms with Gasteiger partial charge < -0.3 is 14.4 Å². The molecule has 140 valence electrons. The second-order valence-electron chi connectivity index (χ2n) is 7.11. The summed E-state index contributed by atoms with van der Waals surface area (Å²) in [4.78, 5) is 6.35. The largest absolute Gasteiger partial charge is 0.491 e. The molecule has 1 unspecified atom stereocenters. The van der Waals surface area contributed by atoms with Crippen molar-refractivity contribution in [2.45, 2.75) is 25.1 Å². The quantitative estimate of drug-likeness (QED) is 0.701. The first-order valence-corrected chi connectivity index (χ1v) is 9.40. The van der Waals surface area contributed by atoms with Crippen molar-refractivity contribution >= 4 is 0 Å². The molecule has 1 aliphatic heterocycles. The lowest BCUT2D eigenvalue weighted by atomic mass is 9.93. The standard InChI is InChI=1S/C22H25N3O2/c26-22(20-7-2-1-3-8-20)10-12-25(17-22)16-19-6-4-5-9-21(19)27-15-14-24-13-11-23-18-24/h1-9,11,13,18,26H,10,12,14-17H2. The molecule has 27 heavy (non-hydrogen) atoms. The van der Waals surface area contributed by atoms with Crippen LogP contribution in [-0.2, 0) is 18.7 Å². The zero-order chi connectivity index (χ0) is 18.5. The molecule has 1 aromatic heterocycles. The van der Waals surface area contributed by atoms with Gasteiger partial charge in [0.05, 0.1) is 12.9 Å². The van der Waals surface area contributed by atoms with E-state index in [-0.39, 0.29) is 0 Å². The van der Waals surface area contributed by atoms with Crippen molar-refractivity contribution in [3.05, 3.63) is 84.4 Å². The van der Waals surface area contributed by atoms with Crippen LogP contribution in [0.4, 0.5) is 0 Å². The van der Waals surface area contributed by atoms with Crippen LogP contribution in [0.25, 0.3) is 0 Å². The summed E-state index contributed by atoms with van der Waals surface area (Å²) < 4.78 is 8.02. The molecule has 2 heterocycles. The monoisotopic (exact) mass is 363 g/mol. The number of imidazole rings is 1. The van der Waals surface area contributed by atoms with Crippen LogP contribution in [0, 0.1) is 0 Å². The molecular weight excluding hydrogens is 338 g/mol. The fourth-order valence-electron chi connectivity index (χ4n) is 3.69. The van der Waals surface area contributed by atoms with Crippen LogP contribution < -0.4 is 4.74 Å². The van der Waals surface area contributed by atoms with E-state index in [0.29, 0.717) is 13.2 Å². The zero-order valence-electron chi connectivity index (χ0n) is 15.4. The number of ether oxygens (including phenoxy) is 1. The van der Waals surface area contributed by atoms with E-state index in [1.807, 2.05) is 59.3 Å². The Labute approximate surface area is 159 Å². The molecule has 5 nitrogen and oxygen atoms in total. The van der Waals surface area contributed by atoms with E-state index >= 15 is 0 Å². The zero-order valence-corrected chi connectivity index (χ0v) is 15.4. The number of benzene rings is 2. The minimum absolute atomic E-state index is 0.599. The number of rotatable bonds is 7. The number of hydrogen-bond acceptors (Lipinski definition) is 4. The molecule has 2 aromatic carbocycles. The Bertz CT molecular complexity index is 851. The second kappa shape index (κ2) is 7.94. The Morgan fingerprint density at radius 3 is 2.70 bits per heavy atom. The summed E-state index contributed by atoms with van der Waals surface area (Å²) in [5, 5.41) is 11.0. The van der Waals surface area contributed by atoms with Crippen molar-refractivity contribution in [3.8, 4) is 5.75 Å². The predicted octanol–water partition coefficient (Wildman–Crippen LogP) is 3.06. The highest BCUT2D eigenvalue weighted by Gasteiger charge is 2.37. The van der Waals surface area contributed by atoms with Gasteiger partial charge >= 0.3 is 0 Å². The van der Waals surface area contributed by atoms with E-state index in [0.717, 1.165) is 42.9 Å². The molecule has 1 fully saturated rings. The molecule has 5 heteroatoms. The molecule has 1 N–H and O–H groups in total. The van der Waals surface area contributed by atoms with Crippen molar-refractivity contribution in [3.63, 3.8) is 0 Å². The SMILES string of the molecule is OC1(c2ccccc2)CCN(Cc2ccccc2OCCn2ccnc2)C1. The molecule has 0 radical (unpaired) electrons. The molecular formula is C22H25N3O2. The van der Waals surface area contributed by atoms with Crippen LogP contribution >= 0.6 is 0 Å². The average Bonchev–Trinajstić information content (AvgIpc) is 3.35. The van der Waals surface area contributed by atoms with Gasteiger partial charge in [-0.2, -0.15) is 0 Å². The Kier molecular flexibility index (Phi) is 5.23. The number of hydrogen-bond donors (Lipinski definition) is 1. The first kappa shape index (κ1) is 17.8. The second-order valence-corrected chi connectivity index (χ2v) is 7.11. The molecule has 1 atom stereocenters. The lowest BCUT2D eigenvalue weighted by Crippen LogP contribution is -2.30. The summed E-state index contributed by atoms with van der Waals surface area (Å²) >= 11 is 0. The highest BCUT2D eigenvalue weighted by Crippen LogP contribution is 2.33. The predicted molar refractivity (Wildman–Crippen MR) is 104 cm³/mol. The summed E-state index contributed by atoms with van der Waals surface area (Å²) in [5.41, 5.74) is 1.39. The van der Waals surface area contributed by atoms with Gasteiger partial charge in [0, 0.05) is 37.6 Å². The molecule has 0 amide bonds. The third-order valence-corrected chi connectivity index (χ3v) is 5.17. The molecule has 1 aliphatic rings. The van der Waals surface area contributed by atoms with Gasteiger partial charge in [-0.1, -0.05) is 48.5 Å². The summed E-state index contributed by atoms with van der Waals surface area (Å²) in [6, 6.07) is 18.1. The van der Waals surface area contributed by atoms with Crippen molar-refractivity contribution in [2.24, 2.45) is 0 Å². The summed E-state index contributed by atoms with van der Waals surface area (Å²) in [7, 11) is 0. The van der Waals surface area contributed by atoms with Gasteiger partial charge in [0.25, 0.3) is 0 Å². The van der Waals surface area contributed by atoms with E-state index in [4.69, 9.17) is 4.74 Å². The normalized spacial score (nSPS) is 20.0. The van der Waals surface area contributed by atoms with Crippen LogP contribution in [0.15, 0.2) is 73.3 Å². The molecule has 0 saturated carbocycles. The molecule has 1 saturated heterocycles. The number of β-amino-alcohol motifs (C(OH)–C–C–N with tert-alkyl or cyclic N) is 1. The van der Waals surface area contributed by atoms with Gasteiger partial charge in [-0.05, 0) is 18.1 Å². The van der Waals surface area contributed by atoms with Crippen LogP contribution in [0.1, 0.15) is 17.5 Å². The highest BCUT2D eigenvalue weighted by molar-refractivity contribution is 5.33. The van der Waals surface area contributed by atoms with Crippen LogP contribution in [0.3, 0.4) is 0 Å². The smallest absolute Gasteiger partial charge is 0.123 e. The third-order valence-electron chi connectivity index (χ3n) is 5.17. The van der Waals surface area contributed by atoms with Gasteiger partial charge in [0.2, 0.25) is 0 Å². The molecule has 0 aliphatic carbocycles. The number of likely N-dealkylation sites (tertiary alicyclic amines) is 1. The lowest BCUT2D eigenvalue weighted by Gasteiger charge is -2.24. The Balaban J connectivity index is 1.38. The molecule has 4 rings (SSSR count). The fraction of sp³-hybridized carbons (Fsp3) is 0.318.